The molecule has 1 rings (SSSR count). The van der Waals surface area contributed by atoms with E-state index in [0.29, 0.717) is 5.75 Å². The van der Waals surface area contributed by atoms with Crippen LogP contribution in [0, 0.1) is 13.8 Å². The largest absolute Gasteiger partial charge is 0.490 e. The minimum absolute atomic E-state index is 0.0132. The van der Waals surface area contributed by atoms with Crippen molar-refractivity contribution in [1.82, 2.24) is 0 Å². The normalized spacial score (nSPS) is 12.2. The van der Waals surface area contributed by atoms with Crippen molar-refractivity contribution in [3.05, 3.63) is 28.3 Å². The summed E-state index contributed by atoms with van der Waals surface area (Å²) in [5.74, 6) is -0.206. The number of carboxylic acid groups (broad SMARTS) is 1. The van der Waals surface area contributed by atoms with E-state index in [4.69, 9.17) is 21.4 Å². The number of hydrogen-bond acceptors (Lipinski definition) is 2. The Morgan fingerprint density at radius 2 is 1.94 bits per heavy atom. The third-order valence-corrected chi connectivity index (χ3v) is 2.81. The number of carboxylic acids is 1. The number of aliphatic carboxylic acids is 1. The molecule has 1 N–H and O–H groups in total. The number of hydrogen-bond donors (Lipinski definition) is 1. The van der Waals surface area contributed by atoms with E-state index in [1.807, 2.05) is 26.0 Å². The highest BCUT2D eigenvalue weighted by Crippen LogP contribution is 2.26. The molecule has 0 aliphatic rings. The lowest BCUT2D eigenvalue weighted by Crippen LogP contribution is -2.16. The summed E-state index contributed by atoms with van der Waals surface area (Å²) in [4.78, 5) is 10.5. The molecule has 0 unspecified atom stereocenters. The van der Waals surface area contributed by atoms with Crippen LogP contribution in [0.15, 0.2) is 12.1 Å². The van der Waals surface area contributed by atoms with Crippen molar-refractivity contribution in [3.8, 4) is 5.75 Å². The van der Waals surface area contributed by atoms with Crippen molar-refractivity contribution in [1.29, 1.82) is 0 Å². The Bertz CT molecular complexity index is 378. The predicted octanol–water partition coefficient (Wildman–Crippen LogP) is 3.20. The van der Waals surface area contributed by atoms with E-state index in [9.17, 15) is 4.79 Å². The van der Waals surface area contributed by atoms with Gasteiger partial charge in [0.15, 0.2) is 0 Å². The smallest absolute Gasteiger partial charge is 0.307 e. The number of benzene rings is 1. The summed E-state index contributed by atoms with van der Waals surface area (Å²) in [6.07, 6.45) is -0.363. The average molecular weight is 243 g/mol. The third kappa shape index (κ3) is 3.42. The molecule has 4 heteroatoms. The van der Waals surface area contributed by atoms with Crippen molar-refractivity contribution in [2.75, 3.05) is 0 Å². The van der Waals surface area contributed by atoms with Gasteiger partial charge in [0.05, 0.1) is 6.42 Å². The van der Waals surface area contributed by atoms with Crippen molar-refractivity contribution in [2.45, 2.75) is 33.3 Å². The zero-order valence-corrected chi connectivity index (χ0v) is 10.3. The molecule has 0 saturated heterocycles. The van der Waals surface area contributed by atoms with E-state index in [0.717, 1.165) is 16.1 Å². The van der Waals surface area contributed by atoms with Gasteiger partial charge in [-0.25, -0.2) is 0 Å². The highest BCUT2D eigenvalue weighted by atomic mass is 35.5. The van der Waals surface area contributed by atoms with Gasteiger partial charge in [-0.2, -0.15) is 0 Å². The molecule has 16 heavy (non-hydrogen) atoms. The predicted molar refractivity (Wildman–Crippen MR) is 63.3 cm³/mol. The number of aryl methyl sites for hydroxylation is 2. The fourth-order valence-electron chi connectivity index (χ4n) is 1.49. The van der Waals surface area contributed by atoms with Gasteiger partial charge in [-0.05, 0) is 44.0 Å². The maximum Gasteiger partial charge on any atom is 0.307 e. The monoisotopic (exact) mass is 242 g/mol. The first-order valence-corrected chi connectivity index (χ1v) is 5.43. The average Bonchev–Trinajstić information content (AvgIpc) is 2.12. The summed E-state index contributed by atoms with van der Waals surface area (Å²) >= 11 is 6.02. The molecule has 3 nitrogen and oxygen atoms in total. The van der Waals surface area contributed by atoms with E-state index < -0.39 is 5.97 Å². The van der Waals surface area contributed by atoms with Gasteiger partial charge in [0.2, 0.25) is 0 Å². The molecule has 0 aromatic heterocycles. The lowest BCUT2D eigenvalue weighted by Gasteiger charge is -2.14. The molecule has 1 aromatic carbocycles. The van der Waals surface area contributed by atoms with Crippen LogP contribution in [0.1, 0.15) is 24.5 Å². The van der Waals surface area contributed by atoms with Crippen molar-refractivity contribution >= 4 is 17.6 Å². The summed E-state index contributed by atoms with van der Waals surface area (Å²) < 4.78 is 5.50. The van der Waals surface area contributed by atoms with Crippen LogP contribution >= 0.6 is 11.6 Å². The zero-order valence-electron chi connectivity index (χ0n) is 9.58. The molecule has 1 atom stereocenters. The molecule has 0 spiro atoms. The van der Waals surface area contributed by atoms with Crippen LogP contribution in [0.25, 0.3) is 0 Å². The molecule has 0 bridgehead atoms. The first kappa shape index (κ1) is 12.8. The molecule has 0 amide bonds. The molecule has 0 heterocycles. The van der Waals surface area contributed by atoms with E-state index in [1.54, 1.807) is 6.92 Å². The molecule has 0 radical (unpaired) electrons. The number of halogens is 1. The quantitative estimate of drug-likeness (QED) is 0.882. The third-order valence-electron chi connectivity index (χ3n) is 2.21. The van der Waals surface area contributed by atoms with Gasteiger partial charge in [0.1, 0.15) is 11.9 Å². The van der Waals surface area contributed by atoms with E-state index in [2.05, 4.69) is 0 Å². The van der Waals surface area contributed by atoms with Crippen LogP contribution in [0.5, 0.6) is 5.75 Å². The van der Waals surface area contributed by atoms with Crippen LogP contribution in [0.3, 0.4) is 0 Å². The van der Waals surface area contributed by atoms with Gasteiger partial charge in [-0.15, -0.1) is 0 Å². The van der Waals surface area contributed by atoms with Crippen molar-refractivity contribution in [2.24, 2.45) is 0 Å². The summed E-state index contributed by atoms with van der Waals surface area (Å²) in [7, 11) is 0. The summed E-state index contributed by atoms with van der Waals surface area (Å²) in [6.45, 7) is 5.52. The first-order chi connectivity index (χ1) is 7.40. The van der Waals surface area contributed by atoms with E-state index >= 15 is 0 Å². The first-order valence-electron chi connectivity index (χ1n) is 5.05. The Kier molecular flexibility index (Phi) is 4.19. The number of rotatable bonds is 4. The Labute approximate surface area is 100.0 Å². The fourth-order valence-corrected chi connectivity index (χ4v) is 1.60. The second kappa shape index (κ2) is 5.21. The lowest BCUT2D eigenvalue weighted by atomic mass is 10.1. The maximum absolute atomic E-state index is 10.5. The molecule has 0 aliphatic carbocycles. The molecular weight excluding hydrogens is 228 g/mol. The van der Waals surface area contributed by atoms with Crippen LogP contribution in [0.2, 0.25) is 5.02 Å². The van der Waals surface area contributed by atoms with Crippen LogP contribution < -0.4 is 4.74 Å². The minimum Gasteiger partial charge on any atom is -0.490 e. The molecular formula is C12H15ClO3. The van der Waals surface area contributed by atoms with Gasteiger partial charge in [-0.3, -0.25) is 4.79 Å². The SMILES string of the molecule is Cc1cc(O[C@@H](C)CC(=O)O)cc(C)c1Cl. The summed E-state index contributed by atoms with van der Waals surface area (Å²) in [5, 5.41) is 9.33. The van der Waals surface area contributed by atoms with Gasteiger partial charge < -0.3 is 9.84 Å². The lowest BCUT2D eigenvalue weighted by molar-refractivity contribution is -0.138. The van der Waals surface area contributed by atoms with Gasteiger partial charge in [-0.1, -0.05) is 11.6 Å². The second-order valence-corrected chi connectivity index (χ2v) is 4.28. The van der Waals surface area contributed by atoms with Crippen molar-refractivity contribution in [3.63, 3.8) is 0 Å². The standard InChI is InChI=1S/C12H15ClO3/c1-7-4-10(5-8(2)12(7)13)16-9(3)6-11(14)15/h4-5,9H,6H2,1-3H3,(H,14,15)/t9-/m0/s1. The maximum atomic E-state index is 10.5. The fraction of sp³-hybridized carbons (Fsp3) is 0.417. The molecule has 0 aliphatic heterocycles. The van der Waals surface area contributed by atoms with Crippen molar-refractivity contribution < 1.29 is 14.6 Å². The van der Waals surface area contributed by atoms with E-state index in [1.165, 1.54) is 0 Å². The van der Waals surface area contributed by atoms with Gasteiger partial charge in [0, 0.05) is 5.02 Å². The summed E-state index contributed by atoms with van der Waals surface area (Å²) in [6, 6.07) is 3.63. The van der Waals surface area contributed by atoms with E-state index in [-0.39, 0.29) is 12.5 Å². The van der Waals surface area contributed by atoms with Crippen LogP contribution in [-0.2, 0) is 4.79 Å². The Morgan fingerprint density at radius 3 is 2.38 bits per heavy atom. The Balaban J connectivity index is 2.78. The Hall–Kier alpha value is -1.22. The molecule has 1 aromatic rings. The number of ether oxygens (including phenoxy) is 1. The van der Waals surface area contributed by atoms with Crippen LogP contribution in [0.4, 0.5) is 0 Å². The minimum atomic E-state index is -0.866. The summed E-state index contributed by atoms with van der Waals surface area (Å²) in [5.41, 5.74) is 1.86. The number of carbonyl (C=O) groups is 1. The van der Waals surface area contributed by atoms with Gasteiger partial charge in [0.25, 0.3) is 0 Å². The Morgan fingerprint density at radius 1 is 1.44 bits per heavy atom. The highest BCUT2D eigenvalue weighted by molar-refractivity contribution is 6.32. The zero-order chi connectivity index (χ0) is 12.3. The van der Waals surface area contributed by atoms with Crippen LogP contribution in [-0.4, -0.2) is 17.2 Å². The molecule has 88 valence electrons. The second-order valence-electron chi connectivity index (χ2n) is 3.90. The highest BCUT2D eigenvalue weighted by Gasteiger charge is 2.10. The van der Waals surface area contributed by atoms with Gasteiger partial charge >= 0.3 is 5.97 Å². The molecule has 0 fully saturated rings. The molecule has 0 saturated carbocycles. The topological polar surface area (TPSA) is 46.5 Å².